The van der Waals surface area contributed by atoms with Crippen LogP contribution in [0.25, 0.3) is 16.9 Å². The number of allylic oxidation sites excluding steroid dienone is 1. The summed E-state index contributed by atoms with van der Waals surface area (Å²) in [6, 6.07) is 2.68. The highest BCUT2D eigenvalue weighted by molar-refractivity contribution is 5.91. The van der Waals surface area contributed by atoms with Crippen LogP contribution in [0.15, 0.2) is 36.2 Å². The van der Waals surface area contributed by atoms with Crippen molar-refractivity contribution in [3.63, 3.8) is 0 Å². The van der Waals surface area contributed by atoms with Crippen molar-refractivity contribution in [3.8, 4) is 11.4 Å². The molecule has 12 nitrogen and oxygen atoms in total. The van der Waals surface area contributed by atoms with E-state index in [1.165, 1.54) is 6.08 Å². The van der Waals surface area contributed by atoms with Crippen molar-refractivity contribution in [3.05, 3.63) is 47.3 Å². The van der Waals surface area contributed by atoms with E-state index in [9.17, 15) is 22.8 Å². The smallest absolute Gasteiger partial charge is 0.384 e. The zero-order valence-corrected chi connectivity index (χ0v) is 24.9. The van der Waals surface area contributed by atoms with Crippen molar-refractivity contribution in [1.29, 1.82) is 0 Å². The molecule has 2 aliphatic heterocycles. The fourth-order valence-electron chi connectivity index (χ4n) is 5.38. The van der Waals surface area contributed by atoms with E-state index in [4.69, 9.17) is 10.5 Å². The summed E-state index contributed by atoms with van der Waals surface area (Å²) >= 11 is 0. The number of aromatic nitrogens is 4. The molecule has 1 atom stereocenters. The topological polar surface area (TPSA) is 134 Å². The molecule has 5 heterocycles. The van der Waals surface area contributed by atoms with Crippen LogP contribution in [0.5, 0.6) is 0 Å². The molecule has 2 saturated heterocycles. The number of hydrogen-bond acceptors (Lipinski definition) is 9. The third-order valence-electron chi connectivity index (χ3n) is 7.58. The van der Waals surface area contributed by atoms with E-state index < -0.39 is 11.7 Å². The molecule has 236 valence electrons. The number of carbonyl (C=O) groups excluding carboxylic acids is 2. The Kier molecular flexibility index (Phi) is 9.06. The lowest BCUT2D eigenvalue weighted by Gasteiger charge is -2.34. The number of fused-ring (bicyclic) bond motifs is 1. The molecule has 0 bridgehead atoms. The van der Waals surface area contributed by atoms with Crippen LogP contribution in [0.2, 0.25) is 0 Å². The van der Waals surface area contributed by atoms with Crippen LogP contribution >= 0.6 is 0 Å². The zero-order valence-electron chi connectivity index (χ0n) is 24.9. The summed E-state index contributed by atoms with van der Waals surface area (Å²) in [5.74, 6) is -0.290. The second-order valence-electron chi connectivity index (χ2n) is 11.3. The number of nitrogen functional groups attached to an aromatic ring is 1. The van der Waals surface area contributed by atoms with Gasteiger partial charge in [-0.15, -0.1) is 5.10 Å². The summed E-state index contributed by atoms with van der Waals surface area (Å²) < 4.78 is 49.1. The molecule has 0 unspecified atom stereocenters. The van der Waals surface area contributed by atoms with E-state index in [0.717, 1.165) is 23.4 Å². The minimum absolute atomic E-state index is 0.0577. The van der Waals surface area contributed by atoms with Crippen molar-refractivity contribution in [2.75, 3.05) is 63.1 Å². The van der Waals surface area contributed by atoms with Crippen molar-refractivity contribution in [2.45, 2.75) is 39.5 Å². The van der Waals surface area contributed by atoms with Crippen molar-refractivity contribution < 1.29 is 27.5 Å². The fraction of sp³-hybridized carbons (Fsp3) is 0.483. The number of rotatable bonds is 7. The highest BCUT2D eigenvalue weighted by Gasteiger charge is 2.36. The van der Waals surface area contributed by atoms with Gasteiger partial charge in [0.1, 0.15) is 11.3 Å². The molecular formula is C29H36F3N9O3. The normalized spacial score (nSPS) is 18.0. The van der Waals surface area contributed by atoms with E-state index in [2.05, 4.69) is 25.3 Å². The first-order chi connectivity index (χ1) is 20.9. The first-order valence-corrected chi connectivity index (χ1v) is 14.4. The number of anilines is 2. The standard InChI is InChI=1S/C29H36F3N9O3/c1-18(2)10-25(42)35-14-26(43)39-6-4-38(5-7-39)15-20-11-23-28(40-8-9-44-17-19(40)3)36-27(37-41(23)16-20)21-13-34-24(33)12-22(21)29(30,31)32/h10-13,16,19H,4-9,14-15,17H2,1-3H3,(H2,33,34)(H,35,42)/t19-/m0/s1. The number of nitrogens with one attached hydrogen (secondary N) is 1. The number of morpholine rings is 1. The highest BCUT2D eigenvalue weighted by Crippen LogP contribution is 2.37. The summed E-state index contributed by atoms with van der Waals surface area (Å²) in [6.07, 6.45) is -0.374. The summed E-state index contributed by atoms with van der Waals surface area (Å²) in [6.45, 7) is 9.78. The third kappa shape index (κ3) is 7.10. The monoisotopic (exact) mass is 615 g/mol. The Bertz CT molecular complexity index is 1560. The van der Waals surface area contributed by atoms with Crippen LogP contribution < -0.4 is 16.0 Å². The predicted molar refractivity (Wildman–Crippen MR) is 158 cm³/mol. The van der Waals surface area contributed by atoms with Gasteiger partial charge < -0.3 is 25.6 Å². The molecule has 0 radical (unpaired) electrons. The highest BCUT2D eigenvalue weighted by atomic mass is 19.4. The molecule has 0 aliphatic carbocycles. The summed E-state index contributed by atoms with van der Waals surface area (Å²) in [7, 11) is 0. The Labute approximate surface area is 252 Å². The average molecular weight is 616 g/mol. The Morgan fingerprint density at radius 2 is 1.91 bits per heavy atom. The van der Waals surface area contributed by atoms with Crippen LogP contribution in [-0.2, 0) is 27.0 Å². The number of alkyl halides is 3. The van der Waals surface area contributed by atoms with Crippen LogP contribution in [0, 0.1) is 0 Å². The molecule has 2 amide bonds. The quantitative estimate of drug-likeness (QED) is 0.384. The van der Waals surface area contributed by atoms with E-state index >= 15 is 0 Å². The van der Waals surface area contributed by atoms with Gasteiger partial charge in [-0.05, 0) is 38.5 Å². The number of nitrogens with zero attached hydrogens (tertiary/aromatic N) is 7. The second kappa shape index (κ2) is 12.8. The van der Waals surface area contributed by atoms with E-state index in [1.807, 2.05) is 31.7 Å². The Balaban J connectivity index is 1.37. The van der Waals surface area contributed by atoms with Gasteiger partial charge in [0, 0.05) is 57.7 Å². The zero-order chi connectivity index (χ0) is 31.6. The molecule has 3 aromatic heterocycles. The van der Waals surface area contributed by atoms with Crippen molar-refractivity contribution in [2.24, 2.45) is 0 Å². The Hall–Kier alpha value is -4.24. The second-order valence-corrected chi connectivity index (χ2v) is 11.3. The fourth-order valence-corrected chi connectivity index (χ4v) is 5.38. The maximum absolute atomic E-state index is 14.0. The average Bonchev–Trinajstić information content (AvgIpc) is 3.37. The van der Waals surface area contributed by atoms with E-state index in [-0.39, 0.29) is 41.6 Å². The van der Waals surface area contributed by atoms with Crippen LogP contribution in [0.1, 0.15) is 31.9 Å². The molecule has 3 aromatic rings. The van der Waals surface area contributed by atoms with Crippen molar-refractivity contribution >= 4 is 29.0 Å². The first-order valence-electron chi connectivity index (χ1n) is 14.4. The van der Waals surface area contributed by atoms with Gasteiger partial charge in [0.25, 0.3) is 0 Å². The molecular weight excluding hydrogens is 579 g/mol. The number of piperazine rings is 1. The van der Waals surface area contributed by atoms with Gasteiger partial charge in [-0.3, -0.25) is 14.5 Å². The third-order valence-corrected chi connectivity index (χ3v) is 7.58. The number of halogens is 3. The number of pyridine rings is 1. The SMILES string of the molecule is CC(C)=CC(=O)NCC(=O)N1CCN(Cc2cc3c(N4CCOC[C@@H]4C)nc(-c4cnc(N)cc4C(F)(F)F)nn3c2)CC1. The number of amides is 2. The molecule has 15 heteroatoms. The maximum atomic E-state index is 14.0. The van der Waals surface area contributed by atoms with Gasteiger partial charge in [0.2, 0.25) is 11.8 Å². The molecule has 44 heavy (non-hydrogen) atoms. The minimum Gasteiger partial charge on any atom is -0.384 e. The minimum atomic E-state index is -4.68. The lowest BCUT2D eigenvalue weighted by Crippen LogP contribution is -2.50. The summed E-state index contributed by atoms with van der Waals surface area (Å²) in [5, 5.41) is 7.11. The number of nitrogens with two attached hydrogens (primary N) is 1. The van der Waals surface area contributed by atoms with Gasteiger partial charge in [0.05, 0.1) is 36.9 Å². The van der Waals surface area contributed by atoms with E-state index in [1.54, 1.807) is 15.6 Å². The van der Waals surface area contributed by atoms with Gasteiger partial charge >= 0.3 is 6.18 Å². The van der Waals surface area contributed by atoms with Crippen LogP contribution in [0.4, 0.5) is 24.8 Å². The molecule has 0 spiro atoms. The molecule has 0 saturated carbocycles. The number of hydrogen-bond donors (Lipinski definition) is 2. The molecule has 2 fully saturated rings. The van der Waals surface area contributed by atoms with E-state index in [0.29, 0.717) is 63.8 Å². The predicted octanol–water partition coefficient (Wildman–Crippen LogP) is 2.34. The van der Waals surface area contributed by atoms with Gasteiger partial charge in [-0.1, -0.05) is 5.57 Å². The molecule has 2 aliphatic rings. The number of ether oxygens (including phenoxy) is 1. The lowest BCUT2D eigenvalue weighted by atomic mass is 10.1. The molecule has 3 N–H and O–H groups in total. The summed E-state index contributed by atoms with van der Waals surface area (Å²) in [4.78, 5) is 38.9. The van der Waals surface area contributed by atoms with Crippen molar-refractivity contribution in [1.82, 2.24) is 34.7 Å². The Morgan fingerprint density at radius 1 is 1.16 bits per heavy atom. The van der Waals surface area contributed by atoms with Gasteiger partial charge in [0.15, 0.2) is 11.6 Å². The van der Waals surface area contributed by atoms with Gasteiger partial charge in [-0.25, -0.2) is 14.5 Å². The van der Waals surface area contributed by atoms with Crippen LogP contribution in [-0.4, -0.2) is 99.7 Å². The van der Waals surface area contributed by atoms with Crippen LogP contribution in [0.3, 0.4) is 0 Å². The number of carbonyl (C=O) groups is 2. The molecule has 0 aromatic carbocycles. The largest absolute Gasteiger partial charge is 0.417 e. The molecule has 5 rings (SSSR count). The van der Waals surface area contributed by atoms with Gasteiger partial charge in [-0.2, -0.15) is 13.2 Å². The first kappa shape index (κ1) is 31.2. The summed E-state index contributed by atoms with van der Waals surface area (Å²) in [5.41, 5.74) is 6.79. The maximum Gasteiger partial charge on any atom is 0.417 e. The lowest BCUT2D eigenvalue weighted by molar-refractivity contribution is -0.137. The Morgan fingerprint density at radius 3 is 2.59 bits per heavy atom.